The SMILES string of the molecule is Fc1cccc(-c2cnc(C3CCNC3)o2)c1. The van der Waals surface area contributed by atoms with Gasteiger partial charge in [-0.3, -0.25) is 0 Å². The number of nitrogens with zero attached hydrogens (tertiary/aromatic N) is 1. The van der Waals surface area contributed by atoms with Crippen molar-refractivity contribution in [2.24, 2.45) is 0 Å². The van der Waals surface area contributed by atoms with Gasteiger partial charge in [0.25, 0.3) is 0 Å². The minimum absolute atomic E-state index is 0.261. The Morgan fingerprint density at radius 2 is 2.35 bits per heavy atom. The van der Waals surface area contributed by atoms with Gasteiger partial charge in [-0.25, -0.2) is 9.37 Å². The average Bonchev–Trinajstić information content (AvgIpc) is 3.00. The molecule has 17 heavy (non-hydrogen) atoms. The molecule has 1 atom stereocenters. The van der Waals surface area contributed by atoms with Gasteiger partial charge in [-0.1, -0.05) is 12.1 Å². The number of halogens is 1. The van der Waals surface area contributed by atoms with Crippen LogP contribution in [0.5, 0.6) is 0 Å². The zero-order chi connectivity index (χ0) is 11.7. The fourth-order valence-corrected chi connectivity index (χ4v) is 2.12. The highest BCUT2D eigenvalue weighted by Gasteiger charge is 2.21. The van der Waals surface area contributed by atoms with E-state index in [1.807, 2.05) is 6.07 Å². The van der Waals surface area contributed by atoms with Gasteiger partial charge in [-0.15, -0.1) is 0 Å². The molecule has 0 bridgehead atoms. The van der Waals surface area contributed by atoms with Gasteiger partial charge in [0.2, 0.25) is 0 Å². The molecule has 3 nitrogen and oxygen atoms in total. The van der Waals surface area contributed by atoms with Crippen molar-refractivity contribution in [2.75, 3.05) is 13.1 Å². The second-order valence-corrected chi connectivity index (χ2v) is 4.26. The van der Waals surface area contributed by atoms with E-state index in [2.05, 4.69) is 10.3 Å². The zero-order valence-corrected chi connectivity index (χ0v) is 9.32. The number of benzene rings is 1. The molecule has 3 rings (SSSR count). The summed E-state index contributed by atoms with van der Waals surface area (Å²) in [6.07, 6.45) is 2.71. The number of hydrogen-bond donors (Lipinski definition) is 1. The van der Waals surface area contributed by atoms with Gasteiger partial charge in [-0.2, -0.15) is 0 Å². The Kier molecular flexibility index (Phi) is 2.65. The lowest BCUT2D eigenvalue weighted by molar-refractivity contribution is 0.467. The first-order valence-corrected chi connectivity index (χ1v) is 5.75. The Bertz CT molecular complexity index is 518. The summed E-state index contributed by atoms with van der Waals surface area (Å²) in [7, 11) is 0. The maximum Gasteiger partial charge on any atom is 0.199 e. The lowest BCUT2D eigenvalue weighted by Crippen LogP contribution is -2.07. The van der Waals surface area contributed by atoms with E-state index in [-0.39, 0.29) is 5.82 Å². The molecular formula is C13H13FN2O. The minimum atomic E-state index is -0.261. The second-order valence-electron chi connectivity index (χ2n) is 4.26. The van der Waals surface area contributed by atoms with Gasteiger partial charge in [0.15, 0.2) is 11.7 Å². The molecule has 0 saturated carbocycles. The summed E-state index contributed by atoms with van der Waals surface area (Å²) >= 11 is 0. The lowest BCUT2D eigenvalue weighted by Gasteiger charge is -2.01. The van der Waals surface area contributed by atoms with Crippen LogP contribution in [-0.2, 0) is 0 Å². The molecule has 1 unspecified atom stereocenters. The van der Waals surface area contributed by atoms with Gasteiger partial charge in [0.1, 0.15) is 5.82 Å². The van der Waals surface area contributed by atoms with E-state index in [0.717, 1.165) is 31.0 Å². The molecule has 1 aliphatic heterocycles. The van der Waals surface area contributed by atoms with Crippen LogP contribution in [0.3, 0.4) is 0 Å². The monoisotopic (exact) mass is 232 g/mol. The third kappa shape index (κ3) is 2.08. The maximum atomic E-state index is 13.1. The van der Waals surface area contributed by atoms with Crippen LogP contribution in [0.2, 0.25) is 0 Å². The molecule has 0 spiro atoms. The van der Waals surface area contributed by atoms with Crippen molar-refractivity contribution in [3.63, 3.8) is 0 Å². The number of nitrogens with one attached hydrogen (secondary N) is 1. The van der Waals surface area contributed by atoms with E-state index in [1.54, 1.807) is 12.3 Å². The van der Waals surface area contributed by atoms with Crippen molar-refractivity contribution in [3.05, 3.63) is 42.2 Å². The van der Waals surface area contributed by atoms with Crippen LogP contribution in [0.4, 0.5) is 4.39 Å². The van der Waals surface area contributed by atoms with Crippen molar-refractivity contribution in [1.29, 1.82) is 0 Å². The Morgan fingerprint density at radius 1 is 1.41 bits per heavy atom. The van der Waals surface area contributed by atoms with E-state index in [0.29, 0.717) is 11.7 Å². The predicted molar refractivity (Wildman–Crippen MR) is 62.1 cm³/mol. The molecule has 1 aromatic carbocycles. The maximum absolute atomic E-state index is 13.1. The van der Waals surface area contributed by atoms with Crippen LogP contribution >= 0.6 is 0 Å². The highest BCUT2D eigenvalue weighted by Crippen LogP contribution is 2.27. The van der Waals surface area contributed by atoms with E-state index in [1.165, 1.54) is 12.1 Å². The van der Waals surface area contributed by atoms with Crippen LogP contribution in [0.25, 0.3) is 11.3 Å². The molecule has 1 fully saturated rings. The smallest absolute Gasteiger partial charge is 0.199 e. The molecule has 0 amide bonds. The minimum Gasteiger partial charge on any atom is -0.440 e. The zero-order valence-electron chi connectivity index (χ0n) is 9.32. The largest absolute Gasteiger partial charge is 0.440 e. The standard InChI is InChI=1S/C13H13FN2O/c14-11-3-1-2-9(6-11)12-8-16-13(17-12)10-4-5-15-7-10/h1-3,6,8,10,15H,4-5,7H2. The number of aromatic nitrogens is 1. The fraction of sp³-hybridized carbons (Fsp3) is 0.308. The Morgan fingerprint density at radius 3 is 3.12 bits per heavy atom. The molecule has 1 aromatic heterocycles. The summed E-state index contributed by atoms with van der Waals surface area (Å²) < 4.78 is 18.8. The van der Waals surface area contributed by atoms with E-state index >= 15 is 0 Å². The van der Waals surface area contributed by atoms with E-state index in [9.17, 15) is 4.39 Å². The van der Waals surface area contributed by atoms with E-state index < -0.39 is 0 Å². The Labute approximate surface area is 98.7 Å². The van der Waals surface area contributed by atoms with Gasteiger partial charge in [-0.05, 0) is 25.1 Å². The van der Waals surface area contributed by atoms with Crippen molar-refractivity contribution >= 4 is 0 Å². The highest BCUT2D eigenvalue weighted by molar-refractivity contribution is 5.56. The topological polar surface area (TPSA) is 38.1 Å². The van der Waals surface area contributed by atoms with Gasteiger partial charge >= 0.3 is 0 Å². The highest BCUT2D eigenvalue weighted by atomic mass is 19.1. The Balaban J connectivity index is 1.89. The lowest BCUT2D eigenvalue weighted by atomic mass is 10.1. The molecule has 88 valence electrons. The first-order valence-electron chi connectivity index (χ1n) is 5.75. The molecular weight excluding hydrogens is 219 g/mol. The van der Waals surface area contributed by atoms with Gasteiger partial charge < -0.3 is 9.73 Å². The predicted octanol–water partition coefficient (Wildman–Crippen LogP) is 2.56. The van der Waals surface area contributed by atoms with Gasteiger partial charge in [0, 0.05) is 18.0 Å². The van der Waals surface area contributed by atoms with Crippen molar-refractivity contribution < 1.29 is 8.81 Å². The second kappa shape index (κ2) is 4.30. The van der Waals surface area contributed by atoms with Gasteiger partial charge in [0.05, 0.1) is 6.20 Å². The normalized spacial score (nSPS) is 19.7. The fourth-order valence-electron chi connectivity index (χ4n) is 2.12. The first-order chi connectivity index (χ1) is 8.33. The molecule has 1 N–H and O–H groups in total. The quantitative estimate of drug-likeness (QED) is 0.864. The third-order valence-electron chi connectivity index (χ3n) is 3.04. The van der Waals surface area contributed by atoms with Crippen molar-refractivity contribution in [2.45, 2.75) is 12.3 Å². The molecule has 2 aromatic rings. The number of rotatable bonds is 2. The van der Waals surface area contributed by atoms with Crippen LogP contribution in [0.15, 0.2) is 34.9 Å². The summed E-state index contributed by atoms with van der Waals surface area (Å²) in [4.78, 5) is 4.28. The Hall–Kier alpha value is -1.68. The van der Waals surface area contributed by atoms with Crippen LogP contribution in [0.1, 0.15) is 18.2 Å². The molecule has 4 heteroatoms. The molecule has 0 radical (unpaired) electrons. The first kappa shape index (κ1) is 10.5. The number of oxazole rings is 1. The summed E-state index contributed by atoms with van der Waals surface area (Å²) in [6.45, 7) is 1.91. The van der Waals surface area contributed by atoms with Crippen LogP contribution in [-0.4, -0.2) is 18.1 Å². The summed E-state index contributed by atoms with van der Waals surface area (Å²) in [5, 5.41) is 3.27. The third-order valence-corrected chi connectivity index (χ3v) is 3.04. The van der Waals surface area contributed by atoms with Crippen molar-refractivity contribution in [3.8, 4) is 11.3 Å². The molecule has 1 aliphatic rings. The number of hydrogen-bond acceptors (Lipinski definition) is 3. The molecule has 2 heterocycles. The molecule has 1 saturated heterocycles. The van der Waals surface area contributed by atoms with Crippen LogP contribution in [0, 0.1) is 5.82 Å². The molecule has 0 aliphatic carbocycles. The summed E-state index contributed by atoms with van der Waals surface area (Å²) in [5.41, 5.74) is 0.731. The average molecular weight is 232 g/mol. The summed E-state index contributed by atoms with van der Waals surface area (Å²) in [6, 6.07) is 6.36. The van der Waals surface area contributed by atoms with Crippen molar-refractivity contribution in [1.82, 2.24) is 10.3 Å². The van der Waals surface area contributed by atoms with Crippen LogP contribution < -0.4 is 5.32 Å². The van der Waals surface area contributed by atoms with E-state index in [4.69, 9.17) is 4.42 Å². The summed E-state index contributed by atoms with van der Waals surface area (Å²) in [5.74, 6) is 1.46.